The molecule has 3 heterocycles. The predicted molar refractivity (Wildman–Crippen MR) is 144 cm³/mol. The summed E-state index contributed by atoms with van der Waals surface area (Å²) in [5, 5.41) is 4.51. The van der Waals surface area contributed by atoms with E-state index in [0.717, 1.165) is 36.3 Å². The molecule has 36 heavy (non-hydrogen) atoms. The van der Waals surface area contributed by atoms with E-state index in [4.69, 9.17) is 4.74 Å². The molecule has 5 nitrogen and oxygen atoms in total. The normalized spacial score (nSPS) is 16.5. The first kappa shape index (κ1) is 22.9. The molecule has 0 bridgehead atoms. The Balaban J connectivity index is 1.38. The van der Waals surface area contributed by atoms with Gasteiger partial charge >= 0.3 is 6.03 Å². The number of nitrogens with one attached hydrogen (secondary N) is 1. The largest absolute Gasteiger partial charge is 0.497 e. The van der Waals surface area contributed by atoms with Crippen LogP contribution in [0, 0.1) is 0 Å². The topological polar surface area (TPSA) is 46.5 Å². The molecule has 2 aromatic heterocycles. The van der Waals surface area contributed by atoms with Gasteiger partial charge in [-0.3, -0.25) is 0 Å². The molecular weight excluding hydrogens is 466 g/mol. The Bertz CT molecular complexity index is 1360. The maximum absolute atomic E-state index is 13.9. The second-order valence-electron chi connectivity index (χ2n) is 9.57. The maximum atomic E-state index is 13.9. The summed E-state index contributed by atoms with van der Waals surface area (Å²) in [5.74, 6) is 0.815. The number of thiophene rings is 1. The fourth-order valence-corrected chi connectivity index (χ4v) is 6.99. The third-order valence-electron chi connectivity index (χ3n) is 7.40. The molecule has 1 N–H and O–H groups in total. The van der Waals surface area contributed by atoms with E-state index in [9.17, 15) is 4.79 Å². The molecule has 0 saturated heterocycles. The lowest BCUT2D eigenvalue weighted by atomic mass is 9.95. The van der Waals surface area contributed by atoms with Crippen molar-refractivity contribution in [1.29, 1.82) is 0 Å². The smallest absolute Gasteiger partial charge is 0.318 e. The first-order valence-electron chi connectivity index (χ1n) is 12.8. The molecule has 2 aromatic carbocycles. The quantitative estimate of drug-likeness (QED) is 0.353. The standard InChI is InChI=1S/C30H31N3O2S/c1-35-23-15-13-22(14-16-23)28-26-11-7-19-32(26)29-25(24-10-5-6-12-27(24)36-29)20-33(28)30(34)31-18-17-21-8-3-2-4-9-21/h2-4,7-9,11,13-16,19,28H,5-6,10,12,17-18,20H2,1H3,(H,31,34)/t28-/m0/s1. The van der Waals surface area contributed by atoms with Crippen LogP contribution in [0.25, 0.3) is 5.00 Å². The van der Waals surface area contributed by atoms with Gasteiger partial charge in [-0.05, 0) is 73.1 Å². The predicted octanol–water partition coefficient (Wildman–Crippen LogP) is 6.28. The molecule has 0 saturated carbocycles. The van der Waals surface area contributed by atoms with Crippen LogP contribution < -0.4 is 10.1 Å². The number of fused-ring (bicyclic) bond motifs is 5. The number of methoxy groups -OCH3 is 1. The van der Waals surface area contributed by atoms with Crippen LogP contribution in [0.5, 0.6) is 5.75 Å². The van der Waals surface area contributed by atoms with E-state index >= 15 is 0 Å². The van der Waals surface area contributed by atoms with Crippen LogP contribution in [-0.2, 0) is 25.8 Å². The van der Waals surface area contributed by atoms with E-state index in [1.165, 1.54) is 39.4 Å². The Morgan fingerprint density at radius 1 is 1.00 bits per heavy atom. The molecule has 2 amide bonds. The molecule has 2 aliphatic rings. The Kier molecular flexibility index (Phi) is 6.28. The van der Waals surface area contributed by atoms with Crippen molar-refractivity contribution in [2.75, 3.05) is 13.7 Å². The van der Waals surface area contributed by atoms with Crippen LogP contribution in [0.1, 0.15) is 51.7 Å². The van der Waals surface area contributed by atoms with Crippen LogP contribution in [-0.4, -0.2) is 29.2 Å². The molecule has 184 valence electrons. The number of nitrogens with zero attached hydrogens (tertiary/aromatic N) is 2. The van der Waals surface area contributed by atoms with Gasteiger partial charge in [0.1, 0.15) is 10.8 Å². The molecule has 0 radical (unpaired) electrons. The number of carbonyl (C=O) groups is 1. The summed E-state index contributed by atoms with van der Waals surface area (Å²) in [4.78, 5) is 17.4. The van der Waals surface area contributed by atoms with Crippen molar-refractivity contribution in [3.63, 3.8) is 0 Å². The number of urea groups is 1. The van der Waals surface area contributed by atoms with E-state index in [-0.39, 0.29) is 12.1 Å². The van der Waals surface area contributed by atoms with E-state index in [1.54, 1.807) is 7.11 Å². The molecule has 0 spiro atoms. The summed E-state index contributed by atoms with van der Waals surface area (Å²) in [5.41, 5.74) is 6.22. The van der Waals surface area contributed by atoms with Crippen molar-refractivity contribution >= 4 is 17.4 Å². The van der Waals surface area contributed by atoms with Crippen molar-refractivity contribution in [1.82, 2.24) is 14.8 Å². The zero-order chi connectivity index (χ0) is 24.5. The molecular formula is C30H31N3O2S. The SMILES string of the molecule is COc1ccc([C@H]2c3cccn3-c3sc4c(c3CN2C(=O)NCCc2ccccc2)CCCC4)cc1. The minimum Gasteiger partial charge on any atom is -0.497 e. The van der Waals surface area contributed by atoms with Gasteiger partial charge in [-0.25, -0.2) is 4.79 Å². The van der Waals surface area contributed by atoms with Crippen molar-refractivity contribution in [3.05, 3.63) is 106 Å². The first-order valence-corrected chi connectivity index (χ1v) is 13.6. The highest BCUT2D eigenvalue weighted by Gasteiger charge is 2.36. The number of aryl methyl sites for hydroxylation is 1. The van der Waals surface area contributed by atoms with E-state index < -0.39 is 0 Å². The second-order valence-corrected chi connectivity index (χ2v) is 10.7. The van der Waals surface area contributed by atoms with Gasteiger partial charge in [-0.15, -0.1) is 11.3 Å². The lowest BCUT2D eigenvalue weighted by Crippen LogP contribution is -2.42. The number of hydrogen-bond donors (Lipinski definition) is 1. The zero-order valence-electron chi connectivity index (χ0n) is 20.6. The van der Waals surface area contributed by atoms with E-state index in [1.807, 2.05) is 46.6 Å². The highest BCUT2D eigenvalue weighted by atomic mass is 32.1. The third-order valence-corrected chi connectivity index (χ3v) is 8.74. The van der Waals surface area contributed by atoms with Crippen LogP contribution >= 0.6 is 11.3 Å². The van der Waals surface area contributed by atoms with Gasteiger partial charge in [0.25, 0.3) is 0 Å². The minimum absolute atomic E-state index is 0.0249. The summed E-state index contributed by atoms with van der Waals surface area (Å²) in [7, 11) is 1.68. The number of aromatic nitrogens is 1. The number of amides is 2. The average molecular weight is 498 g/mol. The number of hydrogen-bond acceptors (Lipinski definition) is 3. The van der Waals surface area contributed by atoms with Crippen LogP contribution in [0.3, 0.4) is 0 Å². The summed E-state index contributed by atoms with van der Waals surface area (Å²) in [6.45, 7) is 1.21. The Morgan fingerprint density at radius 2 is 1.81 bits per heavy atom. The summed E-state index contributed by atoms with van der Waals surface area (Å²) >= 11 is 1.92. The second kappa shape index (κ2) is 9.86. The van der Waals surface area contributed by atoms with Gasteiger partial charge in [-0.2, -0.15) is 0 Å². The highest BCUT2D eigenvalue weighted by Crippen LogP contribution is 2.44. The van der Waals surface area contributed by atoms with Crippen molar-refractivity contribution < 1.29 is 9.53 Å². The fraction of sp³-hybridized carbons (Fsp3) is 0.300. The van der Waals surface area contributed by atoms with E-state index in [0.29, 0.717) is 13.1 Å². The molecule has 4 aromatic rings. The monoisotopic (exact) mass is 497 g/mol. The summed E-state index contributed by atoms with van der Waals surface area (Å²) in [6.07, 6.45) is 7.69. The lowest BCUT2D eigenvalue weighted by molar-refractivity contribution is 0.180. The molecule has 6 rings (SSSR count). The molecule has 0 unspecified atom stereocenters. The number of carbonyl (C=O) groups excluding carboxylic acids is 1. The third kappa shape index (κ3) is 4.20. The highest BCUT2D eigenvalue weighted by molar-refractivity contribution is 7.15. The van der Waals surface area contributed by atoms with Crippen molar-refractivity contribution in [3.8, 4) is 10.8 Å². The van der Waals surface area contributed by atoms with Gasteiger partial charge in [-0.1, -0.05) is 42.5 Å². The summed E-state index contributed by atoms with van der Waals surface area (Å²) in [6, 6.07) is 22.5. The molecule has 1 atom stereocenters. The minimum atomic E-state index is -0.193. The Labute approximate surface area is 216 Å². The number of ether oxygens (including phenoxy) is 1. The van der Waals surface area contributed by atoms with E-state index in [2.05, 4.69) is 52.5 Å². The molecule has 0 fully saturated rings. The number of rotatable bonds is 5. The van der Waals surface area contributed by atoms with Gasteiger partial charge < -0.3 is 19.5 Å². The van der Waals surface area contributed by atoms with Crippen molar-refractivity contribution in [2.24, 2.45) is 0 Å². The van der Waals surface area contributed by atoms with Crippen LogP contribution in [0.2, 0.25) is 0 Å². The van der Waals surface area contributed by atoms with Crippen molar-refractivity contribution in [2.45, 2.75) is 44.7 Å². The Morgan fingerprint density at radius 3 is 2.61 bits per heavy atom. The van der Waals surface area contributed by atoms with Crippen LogP contribution in [0.4, 0.5) is 4.79 Å². The fourth-order valence-electron chi connectivity index (χ4n) is 5.58. The maximum Gasteiger partial charge on any atom is 0.318 e. The lowest BCUT2D eigenvalue weighted by Gasteiger charge is -2.31. The zero-order valence-corrected chi connectivity index (χ0v) is 21.4. The molecule has 6 heteroatoms. The molecule has 1 aliphatic heterocycles. The average Bonchev–Trinajstić information content (AvgIpc) is 3.51. The van der Waals surface area contributed by atoms with Gasteiger partial charge in [0.2, 0.25) is 0 Å². The first-order chi connectivity index (χ1) is 17.7. The van der Waals surface area contributed by atoms with Crippen LogP contribution in [0.15, 0.2) is 72.9 Å². The van der Waals surface area contributed by atoms with Gasteiger partial charge in [0.15, 0.2) is 0 Å². The Hall–Kier alpha value is -3.51. The number of benzene rings is 2. The van der Waals surface area contributed by atoms with Gasteiger partial charge in [0, 0.05) is 23.2 Å². The summed E-state index contributed by atoms with van der Waals surface area (Å²) < 4.78 is 7.73. The molecule has 1 aliphatic carbocycles. The van der Waals surface area contributed by atoms with Gasteiger partial charge in [0.05, 0.1) is 25.4 Å².